The van der Waals surface area contributed by atoms with E-state index in [0.717, 1.165) is 24.2 Å². The number of hydrogen-bond acceptors (Lipinski definition) is 4. The van der Waals surface area contributed by atoms with E-state index in [2.05, 4.69) is 9.62 Å². The molecule has 144 valence electrons. The van der Waals surface area contributed by atoms with Gasteiger partial charge in [0.05, 0.1) is 4.90 Å². The second kappa shape index (κ2) is 8.21. The molecule has 1 fully saturated rings. The van der Waals surface area contributed by atoms with Crippen molar-refractivity contribution in [1.29, 1.82) is 0 Å². The van der Waals surface area contributed by atoms with Crippen LogP contribution in [0.2, 0.25) is 0 Å². The third kappa shape index (κ3) is 4.94. The first-order chi connectivity index (χ1) is 12.8. The summed E-state index contributed by atoms with van der Waals surface area (Å²) in [5.74, 6) is -0.0558. The zero-order chi connectivity index (χ0) is 19.4. The molecular weight excluding hydrogens is 362 g/mol. The third-order valence-electron chi connectivity index (χ3n) is 4.75. The highest BCUT2D eigenvalue weighted by molar-refractivity contribution is 7.89. The highest BCUT2D eigenvalue weighted by Gasteiger charge is 2.21. The summed E-state index contributed by atoms with van der Waals surface area (Å²) in [7, 11) is -1.59. The van der Waals surface area contributed by atoms with Gasteiger partial charge in [-0.25, -0.2) is 13.1 Å². The molecule has 3 rings (SSSR count). The van der Waals surface area contributed by atoms with Gasteiger partial charge in [0.1, 0.15) is 0 Å². The Hall–Kier alpha value is -2.22. The van der Waals surface area contributed by atoms with Crippen LogP contribution in [0.25, 0.3) is 0 Å². The molecule has 0 spiro atoms. The zero-order valence-corrected chi connectivity index (χ0v) is 16.5. The standard InChI is InChI=1S/C20H25N3O3S/c1-16-4-3-5-17(14-16)15-21-27(25,26)19-8-6-18(7-9-19)20(24)23-12-10-22(2)11-13-23/h3-9,14,21H,10-13,15H2,1-2H3. The molecule has 0 bridgehead atoms. The Morgan fingerprint density at radius 3 is 2.33 bits per heavy atom. The molecular formula is C20H25N3O3S. The SMILES string of the molecule is Cc1cccc(CNS(=O)(=O)c2ccc(C(=O)N3CCN(C)CC3)cc2)c1. The van der Waals surface area contributed by atoms with Crippen molar-refractivity contribution in [2.75, 3.05) is 33.2 Å². The maximum Gasteiger partial charge on any atom is 0.253 e. The van der Waals surface area contributed by atoms with Gasteiger partial charge in [0, 0.05) is 38.3 Å². The lowest BCUT2D eigenvalue weighted by molar-refractivity contribution is 0.0664. The summed E-state index contributed by atoms with van der Waals surface area (Å²) in [6.07, 6.45) is 0. The summed E-state index contributed by atoms with van der Waals surface area (Å²) in [6, 6.07) is 13.8. The number of carbonyl (C=O) groups is 1. The van der Waals surface area contributed by atoms with Gasteiger partial charge in [0.15, 0.2) is 0 Å². The lowest BCUT2D eigenvalue weighted by Crippen LogP contribution is -2.47. The van der Waals surface area contributed by atoms with Gasteiger partial charge in [-0.05, 0) is 43.8 Å². The minimum Gasteiger partial charge on any atom is -0.336 e. The molecule has 0 atom stereocenters. The summed E-state index contributed by atoms with van der Waals surface area (Å²) < 4.78 is 27.6. The monoisotopic (exact) mass is 387 g/mol. The molecule has 1 saturated heterocycles. The molecule has 0 aromatic heterocycles. The predicted octanol–water partition coefficient (Wildman–Crippen LogP) is 1.86. The van der Waals surface area contributed by atoms with E-state index in [4.69, 9.17) is 0 Å². The van der Waals surface area contributed by atoms with Gasteiger partial charge in [-0.3, -0.25) is 4.79 Å². The molecule has 6 nitrogen and oxygen atoms in total. The Morgan fingerprint density at radius 1 is 1.04 bits per heavy atom. The smallest absolute Gasteiger partial charge is 0.253 e. The van der Waals surface area contributed by atoms with Crippen molar-refractivity contribution in [3.8, 4) is 0 Å². The van der Waals surface area contributed by atoms with Crippen molar-refractivity contribution in [2.24, 2.45) is 0 Å². The number of carbonyl (C=O) groups excluding carboxylic acids is 1. The largest absolute Gasteiger partial charge is 0.336 e. The lowest BCUT2D eigenvalue weighted by Gasteiger charge is -2.32. The van der Waals surface area contributed by atoms with E-state index in [1.807, 2.05) is 38.2 Å². The minimum absolute atomic E-state index is 0.0558. The molecule has 1 amide bonds. The maximum absolute atomic E-state index is 12.6. The molecule has 0 saturated carbocycles. The first kappa shape index (κ1) is 19.5. The number of amides is 1. The summed E-state index contributed by atoms with van der Waals surface area (Å²) in [6.45, 7) is 5.27. The minimum atomic E-state index is -3.63. The number of piperazine rings is 1. The van der Waals surface area contributed by atoms with Crippen molar-refractivity contribution in [3.63, 3.8) is 0 Å². The molecule has 1 heterocycles. The van der Waals surface area contributed by atoms with Gasteiger partial charge in [0.25, 0.3) is 5.91 Å². The zero-order valence-electron chi connectivity index (χ0n) is 15.7. The van der Waals surface area contributed by atoms with E-state index in [9.17, 15) is 13.2 Å². The molecule has 1 aliphatic rings. The maximum atomic E-state index is 12.6. The van der Waals surface area contributed by atoms with Gasteiger partial charge < -0.3 is 9.80 Å². The third-order valence-corrected chi connectivity index (χ3v) is 6.17. The van der Waals surface area contributed by atoms with E-state index in [0.29, 0.717) is 18.7 Å². The van der Waals surface area contributed by atoms with Gasteiger partial charge >= 0.3 is 0 Å². The predicted molar refractivity (Wildman–Crippen MR) is 105 cm³/mol. The number of nitrogens with one attached hydrogen (secondary N) is 1. The molecule has 0 unspecified atom stereocenters. The number of rotatable bonds is 5. The van der Waals surface area contributed by atoms with E-state index in [1.165, 1.54) is 12.1 Å². The highest BCUT2D eigenvalue weighted by atomic mass is 32.2. The summed E-state index contributed by atoms with van der Waals surface area (Å²) >= 11 is 0. The first-order valence-corrected chi connectivity index (χ1v) is 10.5. The van der Waals surface area contributed by atoms with Crippen LogP contribution in [0.3, 0.4) is 0 Å². The van der Waals surface area contributed by atoms with Gasteiger partial charge in [-0.1, -0.05) is 29.8 Å². The lowest BCUT2D eigenvalue weighted by atomic mass is 10.1. The Kier molecular flexibility index (Phi) is 5.94. The fraction of sp³-hybridized carbons (Fsp3) is 0.350. The van der Waals surface area contributed by atoms with Crippen molar-refractivity contribution in [2.45, 2.75) is 18.4 Å². The topological polar surface area (TPSA) is 69.7 Å². The van der Waals surface area contributed by atoms with Gasteiger partial charge in [-0.2, -0.15) is 0 Å². The van der Waals surface area contributed by atoms with E-state index >= 15 is 0 Å². The van der Waals surface area contributed by atoms with Gasteiger partial charge in [0.2, 0.25) is 10.0 Å². The number of aryl methyl sites for hydroxylation is 1. The average molecular weight is 388 g/mol. The van der Waals surface area contributed by atoms with E-state index < -0.39 is 10.0 Å². The van der Waals surface area contributed by atoms with E-state index in [-0.39, 0.29) is 17.3 Å². The van der Waals surface area contributed by atoms with Crippen LogP contribution in [0.5, 0.6) is 0 Å². The summed E-state index contributed by atoms with van der Waals surface area (Å²) in [4.78, 5) is 16.7. The van der Waals surface area contributed by atoms with Crippen LogP contribution in [-0.4, -0.2) is 57.4 Å². The number of hydrogen-bond donors (Lipinski definition) is 1. The van der Waals surface area contributed by atoms with Gasteiger partial charge in [-0.15, -0.1) is 0 Å². The van der Waals surface area contributed by atoms with Crippen LogP contribution in [0.1, 0.15) is 21.5 Å². The second-order valence-corrected chi connectivity index (χ2v) is 8.70. The first-order valence-electron chi connectivity index (χ1n) is 8.98. The Morgan fingerprint density at radius 2 is 1.70 bits per heavy atom. The Bertz CT molecular complexity index is 902. The number of sulfonamides is 1. The number of likely N-dealkylation sites (N-methyl/N-ethyl adjacent to an activating group) is 1. The van der Waals surface area contributed by atoms with Crippen LogP contribution in [0.4, 0.5) is 0 Å². The molecule has 1 aliphatic heterocycles. The summed E-state index contributed by atoms with van der Waals surface area (Å²) in [5, 5.41) is 0. The number of benzene rings is 2. The number of nitrogens with zero attached hydrogens (tertiary/aromatic N) is 2. The quantitative estimate of drug-likeness (QED) is 0.850. The van der Waals surface area contributed by atoms with Crippen molar-refractivity contribution >= 4 is 15.9 Å². The van der Waals surface area contributed by atoms with Crippen LogP contribution in [0, 0.1) is 6.92 Å². The molecule has 2 aromatic rings. The normalized spacial score (nSPS) is 15.7. The van der Waals surface area contributed by atoms with Crippen LogP contribution in [0.15, 0.2) is 53.4 Å². The molecule has 1 N–H and O–H groups in total. The van der Waals surface area contributed by atoms with E-state index in [1.54, 1.807) is 17.0 Å². The summed E-state index contributed by atoms with van der Waals surface area (Å²) in [5.41, 5.74) is 2.50. The molecule has 7 heteroatoms. The Labute approximate surface area is 160 Å². The van der Waals surface area contributed by atoms with Crippen molar-refractivity contribution < 1.29 is 13.2 Å². The molecule has 2 aromatic carbocycles. The highest BCUT2D eigenvalue weighted by Crippen LogP contribution is 2.14. The van der Waals surface area contributed by atoms with Crippen LogP contribution >= 0.6 is 0 Å². The fourth-order valence-electron chi connectivity index (χ4n) is 3.05. The van der Waals surface area contributed by atoms with Crippen molar-refractivity contribution in [1.82, 2.24) is 14.5 Å². The Balaban J connectivity index is 1.65. The van der Waals surface area contributed by atoms with Crippen molar-refractivity contribution in [3.05, 3.63) is 65.2 Å². The molecule has 0 aliphatic carbocycles. The van der Waals surface area contributed by atoms with Crippen LogP contribution < -0.4 is 4.72 Å². The fourth-order valence-corrected chi connectivity index (χ4v) is 4.07. The molecule has 27 heavy (non-hydrogen) atoms. The van der Waals surface area contributed by atoms with Crippen LogP contribution in [-0.2, 0) is 16.6 Å². The molecule has 0 radical (unpaired) electrons. The second-order valence-electron chi connectivity index (χ2n) is 6.93. The average Bonchev–Trinajstić information content (AvgIpc) is 2.67.